The molecule has 0 fully saturated rings. The zero-order valence-corrected chi connectivity index (χ0v) is 11.1. The Bertz CT molecular complexity index is 643. The number of hydrogen-bond acceptors (Lipinski definition) is 4. The summed E-state index contributed by atoms with van der Waals surface area (Å²) in [4.78, 5) is 3.77. The van der Waals surface area contributed by atoms with Crippen LogP contribution in [0.1, 0.15) is 18.1 Å². The van der Waals surface area contributed by atoms with Gasteiger partial charge in [-0.05, 0) is 25.1 Å². The van der Waals surface area contributed by atoms with Crippen LogP contribution in [0, 0.1) is 11.3 Å². The quantitative estimate of drug-likeness (QED) is 0.941. The van der Waals surface area contributed by atoms with Gasteiger partial charge in [0.05, 0.1) is 23.7 Å². The van der Waals surface area contributed by atoms with Crippen molar-refractivity contribution in [2.75, 3.05) is 5.32 Å². The highest BCUT2D eigenvalue weighted by molar-refractivity contribution is 5.57. The zero-order chi connectivity index (χ0) is 15.5. The summed E-state index contributed by atoms with van der Waals surface area (Å²) in [5.41, 5.74) is -0.750. The van der Waals surface area contributed by atoms with Crippen LogP contribution in [0.3, 0.4) is 0 Å². The van der Waals surface area contributed by atoms with Gasteiger partial charge in [-0.3, -0.25) is 4.68 Å². The molecule has 0 amide bonds. The number of alkyl halides is 3. The van der Waals surface area contributed by atoms with Gasteiger partial charge in [-0.2, -0.15) is 23.5 Å². The van der Waals surface area contributed by atoms with Crippen molar-refractivity contribution in [2.45, 2.75) is 25.7 Å². The third kappa shape index (κ3) is 3.72. The van der Waals surface area contributed by atoms with Crippen LogP contribution in [0.25, 0.3) is 0 Å². The molecule has 0 aliphatic heterocycles. The van der Waals surface area contributed by atoms with E-state index in [1.165, 1.54) is 23.4 Å². The van der Waals surface area contributed by atoms with Crippen LogP contribution >= 0.6 is 0 Å². The van der Waals surface area contributed by atoms with Crippen LogP contribution in [0.2, 0.25) is 0 Å². The summed E-state index contributed by atoms with van der Waals surface area (Å²) in [6, 6.07) is 4.76. The SMILES string of the molecule is C[C@@H](Cn1cncn1)Nc1cc(C#N)ccc1C(F)(F)F. The summed E-state index contributed by atoms with van der Waals surface area (Å²) in [5.74, 6) is 0. The fourth-order valence-corrected chi connectivity index (χ4v) is 1.90. The molecule has 0 aliphatic rings. The maximum absolute atomic E-state index is 13.0. The predicted octanol–water partition coefficient (Wildman–Crippen LogP) is 2.67. The van der Waals surface area contributed by atoms with Gasteiger partial charge in [0, 0.05) is 11.7 Å². The van der Waals surface area contributed by atoms with Crippen molar-refractivity contribution in [1.82, 2.24) is 14.8 Å². The number of nitrogens with zero attached hydrogens (tertiary/aromatic N) is 4. The number of aromatic nitrogens is 3. The lowest BCUT2D eigenvalue weighted by Gasteiger charge is -2.19. The highest BCUT2D eigenvalue weighted by Gasteiger charge is 2.33. The number of nitriles is 1. The number of benzene rings is 1. The molecule has 0 radical (unpaired) electrons. The van der Waals surface area contributed by atoms with E-state index in [4.69, 9.17) is 5.26 Å². The third-order valence-electron chi connectivity index (χ3n) is 2.78. The molecule has 0 saturated carbocycles. The molecular weight excluding hydrogens is 283 g/mol. The minimum Gasteiger partial charge on any atom is -0.380 e. The van der Waals surface area contributed by atoms with Crippen molar-refractivity contribution in [1.29, 1.82) is 5.26 Å². The van der Waals surface area contributed by atoms with Crippen molar-refractivity contribution in [3.8, 4) is 6.07 Å². The molecule has 110 valence electrons. The van der Waals surface area contributed by atoms with E-state index in [1.54, 1.807) is 6.92 Å². The van der Waals surface area contributed by atoms with Crippen LogP contribution in [0.15, 0.2) is 30.9 Å². The van der Waals surface area contributed by atoms with E-state index in [0.29, 0.717) is 6.54 Å². The smallest absolute Gasteiger partial charge is 0.380 e. The van der Waals surface area contributed by atoms with E-state index >= 15 is 0 Å². The summed E-state index contributed by atoms with van der Waals surface area (Å²) in [7, 11) is 0. The van der Waals surface area contributed by atoms with Gasteiger partial charge < -0.3 is 5.32 Å². The second-order valence-corrected chi connectivity index (χ2v) is 4.53. The fourth-order valence-electron chi connectivity index (χ4n) is 1.90. The number of hydrogen-bond donors (Lipinski definition) is 1. The summed E-state index contributed by atoms with van der Waals surface area (Å²) < 4.78 is 40.4. The summed E-state index contributed by atoms with van der Waals surface area (Å²) in [6.45, 7) is 2.08. The van der Waals surface area contributed by atoms with E-state index < -0.39 is 11.7 Å². The highest BCUT2D eigenvalue weighted by atomic mass is 19.4. The van der Waals surface area contributed by atoms with E-state index in [2.05, 4.69) is 15.4 Å². The first-order valence-corrected chi connectivity index (χ1v) is 6.10. The van der Waals surface area contributed by atoms with Crippen molar-refractivity contribution < 1.29 is 13.2 Å². The zero-order valence-electron chi connectivity index (χ0n) is 11.1. The van der Waals surface area contributed by atoms with Gasteiger partial charge >= 0.3 is 6.18 Å². The maximum Gasteiger partial charge on any atom is 0.418 e. The van der Waals surface area contributed by atoms with Gasteiger partial charge in [0.15, 0.2) is 0 Å². The minimum absolute atomic E-state index is 0.117. The molecule has 21 heavy (non-hydrogen) atoms. The molecule has 1 heterocycles. The average molecular weight is 295 g/mol. The summed E-state index contributed by atoms with van der Waals surface area (Å²) in [5, 5.41) is 15.5. The topological polar surface area (TPSA) is 66.5 Å². The standard InChI is InChI=1S/C13H12F3N5/c1-9(6-21-8-18-7-19-21)20-12-4-10(5-17)2-3-11(12)13(14,15)16/h2-4,7-9,20H,6H2,1H3/t9-/m0/s1. The Hall–Kier alpha value is -2.56. The second-order valence-electron chi connectivity index (χ2n) is 4.53. The van der Waals surface area contributed by atoms with Crippen molar-refractivity contribution in [3.63, 3.8) is 0 Å². The molecule has 0 spiro atoms. The number of anilines is 1. The Balaban J connectivity index is 2.23. The largest absolute Gasteiger partial charge is 0.418 e. The molecule has 1 aromatic heterocycles. The molecule has 2 aromatic rings. The minimum atomic E-state index is -4.48. The first-order chi connectivity index (χ1) is 9.90. The van der Waals surface area contributed by atoms with Crippen molar-refractivity contribution in [3.05, 3.63) is 42.0 Å². The lowest BCUT2D eigenvalue weighted by Crippen LogP contribution is -2.24. The van der Waals surface area contributed by atoms with E-state index in [-0.39, 0.29) is 17.3 Å². The number of halogens is 3. The van der Waals surface area contributed by atoms with Gasteiger partial charge in [0.1, 0.15) is 12.7 Å². The lowest BCUT2D eigenvalue weighted by atomic mass is 10.1. The predicted molar refractivity (Wildman–Crippen MR) is 69.3 cm³/mol. The van der Waals surface area contributed by atoms with E-state index in [1.807, 2.05) is 6.07 Å². The second kappa shape index (κ2) is 5.83. The van der Waals surface area contributed by atoms with E-state index in [0.717, 1.165) is 12.1 Å². The van der Waals surface area contributed by atoms with E-state index in [9.17, 15) is 13.2 Å². The molecule has 1 aromatic carbocycles. The van der Waals surface area contributed by atoms with Crippen LogP contribution in [0.4, 0.5) is 18.9 Å². The number of rotatable bonds is 4. The van der Waals surface area contributed by atoms with Gasteiger partial charge in [0.2, 0.25) is 0 Å². The third-order valence-corrected chi connectivity index (χ3v) is 2.78. The van der Waals surface area contributed by atoms with Crippen molar-refractivity contribution in [2.24, 2.45) is 0 Å². The Morgan fingerprint density at radius 3 is 2.76 bits per heavy atom. The average Bonchev–Trinajstić information content (AvgIpc) is 2.89. The molecule has 5 nitrogen and oxygen atoms in total. The molecule has 0 aliphatic carbocycles. The molecule has 0 saturated heterocycles. The highest BCUT2D eigenvalue weighted by Crippen LogP contribution is 2.35. The molecule has 8 heteroatoms. The summed E-state index contributed by atoms with van der Waals surface area (Å²) >= 11 is 0. The summed E-state index contributed by atoms with van der Waals surface area (Å²) in [6.07, 6.45) is -1.65. The van der Waals surface area contributed by atoms with Gasteiger partial charge in [-0.25, -0.2) is 4.98 Å². The molecule has 0 bridgehead atoms. The van der Waals surface area contributed by atoms with Crippen LogP contribution in [-0.4, -0.2) is 20.8 Å². The van der Waals surface area contributed by atoms with Crippen molar-refractivity contribution >= 4 is 5.69 Å². The van der Waals surface area contributed by atoms with Crippen LogP contribution < -0.4 is 5.32 Å². The molecule has 1 N–H and O–H groups in total. The van der Waals surface area contributed by atoms with Gasteiger partial charge in [-0.1, -0.05) is 0 Å². The van der Waals surface area contributed by atoms with Crippen LogP contribution in [-0.2, 0) is 12.7 Å². The fraction of sp³-hybridized carbons (Fsp3) is 0.308. The first-order valence-electron chi connectivity index (χ1n) is 6.10. The molecular formula is C13H12F3N5. The first kappa shape index (κ1) is 14.8. The Morgan fingerprint density at radius 1 is 1.43 bits per heavy atom. The number of nitrogens with one attached hydrogen (secondary N) is 1. The molecule has 1 atom stereocenters. The molecule has 0 unspecified atom stereocenters. The maximum atomic E-state index is 13.0. The van der Waals surface area contributed by atoms with Gasteiger partial charge in [-0.15, -0.1) is 0 Å². The molecule has 2 rings (SSSR count). The Morgan fingerprint density at radius 2 is 2.19 bits per heavy atom. The Labute approximate surface area is 119 Å². The monoisotopic (exact) mass is 295 g/mol. The van der Waals surface area contributed by atoms with Gasteiger partial charge in [0.25, 0.3) is 0 Å². The lowest BCUT2D eigenvalue weighted by molar-refractivity contribution is -0.137. The Kier molecular flexibility index (Phi) is 4.12. The van der Waals surface area contributed by atoms with Crippen LogP contribution in [0.5, 0.6) is 0 Å². The normalized spacial score (nSPS) is 12.7.